The number of hydrogen-bond acceptors (Lipinski definition) is 1. The molecule has 2 rings (SSSR count). The van der Waals surface area contributed by atoms with Crippen LogP contribution in [0.25, 0.3) is 0 Å². The van der Waals surface area contributed by atoms with Crippen LogP contribution >= 0.6 is 11.6 Å². The first-order chi connectivity index (χ1) is 8.74. The minimum atomic E-state index is 0.716. The highest BCUT2D eigenvalue weighted by molar-refractivity contribution is 6.30. The molecule has 0 aliphatic carbocycles. The van der Waals surface area contributed by atoms with Crippen molar-refractivity contribution in [2.24, 2.45) is 0 Å². The summed E-state index contributed by atoms with van der Waals surface area (Å²) in [5, 5.41) is 9.87. The van der Waals surface area contributed by atoms with E-state index in [4.69, 9.17) is 16.9 Å². The Morgan fingerprint density at radius 3 is 2.50 bits per heavy atom. The van der Waals surface area contributed by atoms with Gasteiger partial charge in [-0.15, -0.1) is 0 Å². The summed E-state index contributed by atoms with van der Waals surface area (Å²) in [5.41, 5.74) is 3.09. The Kier molecular flexibility index (Phi) is 4.07. The summed E-state index contributed by atoms with van der Waals surface area (Å²) in [7, 11) is 0. The third-order valence-corrected chi connectivity index (χ3v) is 3.20. The maximum absolute atomic E-state index is 9.13. The number of rotatable bonds is 4. The zero-order chi connectivity index (χ0) is 13.0. The van der Waals surface area contributed by atoms with E-state index < -0.39 is 0 Å². The van der Waals surface area contributed by atoms with Gasteiger partial charge in [0.1, 0.15) is 11.8 Å². The first-order valence-electron chi connectivity index (χ1n) is 6.07. The lowest BCUT2D eigenvalue weighted by molar-refractivity contribution is 0.718. The van der Waals surface area contributed by atoms with E-state index in [9.17, 15) is 0 Å². The number of aromatic nitrogens is 1. The van der Waals surface area contributed by atoms with E-state index in [1.54, 1.807) is 0 Å². The number of halogens is 1. The third-order valence-electron chi connectivity index (χ3n) is 2.95. The van der Waals surface area contributed by atoms with Crippen molar-refractivity contribution in [3.63, 3.8) is 0 Å². The highest BCUT2D eigenvalue weighted by Gasteiger charge is 2.07. The first-order valence-corrected chi connectivity index (χ1v) is 6.45. The van der Waals surface area contributed by atoms with Crippen LogP contribution in [-0.4, -0.2) is 4.57 Å². The van der Waals surface area contributed by atoms with Gasteiger partial charge >= 0.3 is 0 Å². The molecule has 0 spiro atoms. The predicted molar refractivity (Wildman–Crippen MR) is 73.7 cm³/mol. The van der Waals surface area contributed by atoms with E-state index in [1.165, 1.54) is 5.69 Å². The maximum Gasteiger partial charge on any atom is 0.120 e. The molecule has 0 atom stereocenters. The molecule has 1 aromatic heterocycles. The molecule has 2 aromatic rings. The van der Waals surface area contributed by atoms with E-state index in [1.807, 2.05) is 36.4 Å². The molecule has 0 N–H and O–H groups in total. The quantitative estimate of drug-likeness (QED) is 0.814. The van der Waals surface area contributed by atoms with E-state index in [0.717, 1.165) is 30.0 Å². The molecule has 0 radical (unpaired) electrons. The molecule has 0 saturated carbocycles. The Balaban J connectivity index is 2.29. The average Bonchev–Trinajstić information content (AvgIpc) is 2.75. The molecule has 0 amide bonds. The van der Waals surface area contributed by atoms with Gasteiger partial charge in [-0.1, -0.05) is 37.1 Å². The SMILES string of the molecule is CCCc1ccc(C#N)n1Cc1ccc(Cl)cc1. The summed E-state index contributed by atoms with van der Waals surface area (Å²) < 4.78 is 2.08. The molecule has 1 aromatic carbocycles. The lowest BCUT2D eigenvalue weighted by atomic mass is 10.2. The van der Waals surface area contributed by atoms with Crippen molar-refractivity contribution in [1.29, 1.82) is 5.26 Å². The zero-order valence-electron chi connectivity index (χ0n) is 10.4. The van der Waals surface area contributed by atoms with Gasteiger partial charge in [0.2, 0.25) is 0 Å². The molecule has 2 nitrogen and oxygen atoms in total. The molecule has 92 valence electrons. The van der Waals surface area contributed by atoms with E-state index in [2.05, 4.69) is 17.6 Å². The van der Waals surface area contributed by atoms with Gasteiger partial charge in [-0.2, -0.15) is 5.26 Å². The van der Waals surface area contributed by atoms with Crippen molar-refractivity contribution in [3.05, 3.63) is 58.4 Å². The fourth-order valence-electron chi connectivity index (χ4n) is 2.04. The normalized spacial score (nSPS) is 10.3. The second-order valence-corrected chi connectivity index (χ2v) is 4.72. The van der Waals surface area contributed by atoms with Gasteiger partial charge in [-0.05, 0) is 36.2 Å². The molecule has 0 bridgehead atoms. The number of nitrogens with zero attached hydrogens (tertiary/aromatic N) is 2. The van der Waals surface area contributed by atoms with Gasteiger partial charge in [0.25, 0.3) is 0 Å². The first kappa shape index (κ1) is 12.7. The van der Waals surface area contributed by atoms with Crippen LogP contribution in [-0.2, 0) is 13.0 Å². The van der Waals surface area contributed by atoms with E-state index in [0.29, 0.717) is 5.69 Å². The van der Waals surface area contributed by atoms with Gasteiger partial charge in [-0.3, -0.25) is 0 Å². The third kappa shape index (κ3) is 2.75. The Labute approximate surface area is 112 Å². The number of nitriles is 1. The standard InChI is InChI=1S/C15H15ClN2/c1-2-3-14-8-9-15(10-17)18(14)11-12-4-6-13(16)7-5-12/h4-9H,2-3,11H2,1H3. The summed E-state index contributed by atoms with van der Waals surface area (Å²) in [6, 6.07) is 13.9. The molecule has 0 fully saturated rings. The van der Waals surface area contributed by atoms with Crippen molar-refractivity contribution in [2.45, 2.75) is 26.3 Å². The second kappa shape index (κ2) is 5.75. The van der Waals surface area contributed by atoms with Gasteiger partial charge < -0.3 is 4.57 Å². The van der Waals surface area contributed by atoms with Crippen LogP contribution in [0.15, 0.2) is 36.4 Å². The molecule has 3 heteroatoms. The van der Waals surface area contributed by atoms with Gasteiger partial charge in [0, 0.05) is 17.3 Å². The zero-order valence-corrected chi connectivity index (χ0v) is 11.1. The lowest BCUT2D eigenvalue weighted by Crippen LogP contribution is -2.06. The highest BCUT2D eigenvalue weighted by Crippen LogP contribution is 2.16. The topological polar surface area (TPSA) is 28.7 Å². The van der Waals surface area contributed by atoms with Crippen LogP contribution in [0, 0.1) is 11.3 Å². The second-order valence-electron chi connectivity index (χ2n) is 4.28. The Morgan fingerprint density at radius 2 is 1.89 bits per heavy atom. The molecular formula is C15H15ClN2. The van der Waals surface area contributed by atoms with Crippen molar-refractivity contribution >= 4 is 11.6 Å². The maximum atomic E-state index is 9.13. The van der Waals surface area contributed by atoms with Crippen LogP contribution in [0.3, 0.4) is 0 Å². The molecule has 1 heterocycles. The minimum Gasteiger partial charge on any atom is -0.332 e. The summed E-state index contributed by atoms with van der Waals surface area (Å²) >= 11 is 5.87. The van der Waals surface area contributed by atoms with Gasteiger partial charge in [0.15, 0.2) is 0 Å². The summed E-state index contributed by atoms with van der Waals surface area (Å²) in [5.74, 6) is 0. The van der Waals surface area contributed by atoms with E-state index >= 15 is 0 Å². The van der Waals surface area contributed by atoms with E-state index in [-0.39, 0.29) is 0 Å². The van der Waals surface area contributed by atoms with Crippen LogP contribution in [0.2, 0.25) is 5.02 Å². The molecule has 0 unspecified atom stereocenters. The summed E-state index contributed by atoms with van der Waals surface area (Å²) in [6.45, 7) is 2.87. The molecule has 0 aliphatic heterocycles. The van der Waals surface area contributed by atoms with Crippen molar-refractivity contribution in [2.75, 3.05) is 0 Å². The average molecular weight is 259 g/mol. The van der Waals surface area contributed by atoms with Crippen molar-refractivity contribution in [1.82, 2.24) is 4.57 Å². The Morgan fingerprint density at radius 1 is 1.17 bits per heavy atom. The Hall–Kier alpha value is -1.72. The van der Waals surface area contributed by atoms with Crippen LogP contribution in [0.5, 0.6) is 0 Å². The predicted octanol–water partition coefficient (Wildman–Crippen LogP) is 4.01. The van der Waals surface area contributed by atoms with Crippen LogP contribution < -0.4 is 0 Å². The van der Waals surface area contributed by atoms with Crippen LogP contribution in [0.4, 0.5) is 0 Å². The highest BCUT2D eigenvalue weighted by atomic mass is 35.5. The minimum absolute atomic E-state index is 0.716. The van der Waals surface area contributed by atoms with Crippen molar-refractivity contribution in [3.8, 4) is 6.07 Å². The smallest absolute Gasteiger partial charge is 0.120 e. The Bertz CT molecular complexity index is 561. The lowest BCUT2D eigenvalue weighted by Gasteiger charge is -2.10. The van der Waals surface area contributed by atoms with Gasteiger partial charge in [-0.25, -0.2) is 0 Å². The summed E-state index contributed by atoms with van der Waals surface area (Å²) in [4.78, 5) is 0. The fraction of sp³-hybridized carbons (Fsp3) is 0.267. The number of benzene rings is 1. The van der Waals surface area contributed by atoms with Crippen LogP contribution in [0.1, 0.15) is 30.3 Å². The summed E-state index contributed by atoms with van der Waals surface area (Å²) in [6.07, 6.45) is 2.07. The molecule has 0 aliphatic rings. The molecular weight excluding hydrogens is 244 g/mol. The number of hydrogen-bond donors (Lipinski definition) is 0. The monoisotopic (exact) mass is 258 g/mol. The number of aryl methyl sites for hydroxylation is 1. The largest absolute Gasteiger partial charge is 0.332 e. The fourth-order valence-corrected chi connectivity index (χ4v) is 2.17. The van der Waals surface area contributed by atoms with Crippen molar-refractivity contribution < 1.29 is 0 Å². The molecule has 0 saturated heterocycles. The van der Waals surface area contributed by atoms with Gasteiger partial charge in [0.05, 0.1) is 0 Å². The molecule has 18 heavy (non-hydrogen) atoms.